The van der Waals surface area contributed by atoms with Crippen LogP contribution in [0.1, 0.15) is 61.3 Å². The van der Waals surface area contributed by atoms with Crippen LogP contribution in [0.3, 0.4) is 0 Å². The molecule has 0 N–H and O–H groups in total. The lowest BCUT2D eigenvalue weighted by Crippen LogP contribution is -2.46. The van der Waals surface area contributed by atoms with Crippen LogP contribution in [0, 0.1) is 0 Å². The second-order valence-corrected chi connectivity index (χ2v) is 9.87. The Morgan fingerprint density at radius 1 is 1.15 bits per heavy atom. The molecule has 0 aromatic heterocycles. The average Bonchev–Trinajstić information content (AvgIpc) is 3.09. The van der Waals surface area contributed by atoms with Crippen molar-refractivity contribution in [2.24, 2.45) is 5.10 Å². The number of hydrogen-bond donors (Lipinski definition) is 0. The zero-order valence-electron chi connectivity index (χ0n) is 17.8. The van der Waals surface area contributed by atoms with Gasteiger partial charge >= 0.3 is 13.2 Å². The predicted octanol–water partition coefficient (Wildman–Crippen LogP) is 3.15. The maximum Gasteiger partial charge on any atom is 0.468 e. The molecule has 0 aromatic carbocycles. The van der Waals surface area contributed by atoms with E-state index in [1.54, 1.807) is 4.90 Å². The summed E-state index contributed by atoms with van der Waals surface area (Å²) in [5.74, 6) is 0.134. The van der Waals surface area contributed by atoms with Crippen LogP contribution in [-0.4, -0.2) is 71.8 Å². The molecule has 3 rings (SSSR count). The van der Waals surface area contributed by atoms with Crippen LogP contribution in [0.4, 0.5) is 4.79 Å². The second kappa shape index (κ2) is 6.96. The highest BCUT2D eigenvalue weighted by Crippen LogP contribution is 2.40. The number of carbonyl (C=O) groups excluding carboxylic acids is 1. The van der Waals surface area contributed by atoms with Crippen LogP contribution >= 0.6 is 0 Å². The summed E-state index contributed by atoms with van der Waals surface area (Å²) in [6.07, 6.45) is 3.53. The largest absolute Gasteiger partial charge is 0.468 e. The van der Waals surface area contributed by atoms with Crippen molar-refractivity contribution in [3.63, 3.8) is 0 Å². The fourth-order valence-corrected chi connectivity index (χ4v) is 3.62. The zero-order chi connectivity index (χ0) is 20.0. The number of amides is 1. The van der Waals surface area contributed by atoms with Crippen LogP contribution in [0.25, 0.3) is 0 Å². The van der Waals surface area contributed by atoms with Crippen LogP contribution in [0.2, 0.25) is 5.82 Å². The van der Waals surface area contributed by atoms with E-state index in [0.29, 0.717) is 19.1 Å². The molecule has 7 nitrogen and oxygen atoms in total. The molecule has 1 amide bonds. The number of ether oxygens (including phenoxy) is 1. The molecule has 1 atom stereocenters. The number of carbonyl (C=O) groups is 1. The standard InChI is InChI=1S/C19H34BN3O4/c1-17(2,3)25-16(24)22-10-8-15(9-11-22)23-13-14(12-21-23)20-26-18(4,5)19(6,7)27-20/h12,14-15H,8-11,13H2,1-7H3. The molecular formula is C19H34BN3O4. The first-order valence-electron chi connectivity index (χ1n) is 10.0. The Morgan fingerprint density at radius 3 is 2.22 bits per heavy atom. The highest BCUT2D eigenvalue weighted by molar-refractivity contribution is 6.52. The third-order valence-corrected chi connectivity index (χ3v) is 5.96. The Bertz CT molecular complexity index is 578. The third kappa shape index (κ3) is 4.42. The number of hydrazone groups is 1. The summed E-state index contributed by atoms with van der Waals surface area (Å²) < 4.78 is 17.8. The molecule has 0 radical (unpaired) electrons. The van der Waals surface area contributed by atoms with E-state index in [1.807, 2.05) is 27.0 Å². The van der Waals surface area contributed by atoms with E-state index in [1.165, 1.54) is 0 Å². The van der Waals surface area contributed by atoms with Gasteiger partial charge < -0.3 is 18.9 Å². The van der Waals surface area contributed by atoms with Gasteiger partial charge in [-0.25, -0.2) is 4.79 Å². The summed E-state index contributed by atoms with van der Waals surface area (Å²) in [4.78, 5) is 14.0. The van der Waals surface area contributed by atoms with Gasteiger partial charge in [-0.3, -0.25) is 5.01 Å². The second-order valence-electron chi connectivity index (χ2n) is 9.87. The van der Waals surface area contributed by atoms with Gasteiger partial charge in [0.1, 0.15) is 5.60 Å². The van der Waals surface area contributed by atoms with E-state index >= 15 is 0 Å². The Kier molecular flexibility index (Phi) is 5.27. The lowest BCUT2D eigenvalue weighted by molar-refractivity contribution is 0.00578. The highest BCUT2D eigenvalue weighted by atomic mass is 16.7. The van der Waals surface area contributed by atoms with Crippen LogP contribution < -0.4 is 0 Å². The minimum atomic E-state index is -0.455. The van der Waals surface area contributed by atoms with E-state index in [9.17, 15) is 4.79 Å². The molecule has 2 saturated heterocycles. The van der Waals surface area contributed by atoms with E-state index in [2.05, 4.69) is 37.8 Å². The van der Waals surface area contributed by atoms with Gasteiger partial charge in [-0.05, 0) is 61.3 Å². The Balaban J connectivity index is 1.49. The van der Waals surface area contributed by atoms with Gasteiger partial charge in [0.05, 0.1) is 23.1 Å². The predicted molar refractivity (Wildman–Crippen MR) is 106 cm³/mol. The summed E-state index contributed by atoms with van der Waals surface area (Å²) in [6, 6.07) is 0.340. The van der Waals surface area contributed by atoms with E-state index < -0.39 is 5.60 Å². The van der Waals surface area contributed by atoms with Crippen LogP contribution in [0.15, 0.2) is 5.10 Å². The highest BCUT2D eigenvalue weighted by Gasteiger charge is 2.54. The van der Waals surface area contributed by atoms with Crippen molar-refractivity contribution in [3.8, 4) is 0 Å². The molecule has 0 bridgehead atoms. The summed E-state index contributed by atoms with van der Waals surface area (Å²) in [7, 11) is -0.259. The van der Waals surface area contributed by atoms with Crippen molar-refractivity contribution >= 4 is 19.4 Å². The lowest BCUT2D eigenvalue weighted by atomic mass is 9.73. The summed E-state index contributed by atoms with van der Waals surface area (Å²) in [5, 5.41) is 6.76. The van der Waals surface area contributed by atoms with Crippen molar-refractivity contribution in [1.82, 2.24) is 9.91 Å². The maximum absolute atomic E-state index is 12.2. The van der Waals surface area contributed by atoms with Crippen molar-refractivity contribution in [2.45, 2.75) is 90.0 Å². The van der Waals surface area contributed by atoms with Crippen molar-refractivity contribution in [3.05, 3.63) is 0 Å². The van der Waals surface area contributed by atoms with Crippen molar-refractivity contribution in [1.29, 1.82) is 0 Å². The van der Waals surface area contributed by atoms with Crippen LogP contribution in [0.5, 0.6) is 0 Å². The number of likely N-dealkylation sites (tertiary alicyclic amines) is 1. The first-order valence-corrected chi connectivity index (χ1v) is 10.0. The molecule has 0 spiro atoms. The van der Waals surface area contributed by atoms with Gasteiger partial charge in [0, 0.05) is 25.8 Å². The van der Waals surface area contributed by atoms with Gasteiger partial charge in [0.25, 0.3) is 0 Å². The quantitative estimate of drug-likeness (QED) is 0.690. The van der Waals surface area contributed by atoms with Crippen molar-refractivity contribution < 1.29 is 18.8 Å². The normalized spacial score (nSPS) is 28.1. The molecule has 0 aliphatic carbocycles. The molecule has 3 aliphatic heterocycles. The minimum absolute atomic E-state index is 0.134. The molecule has 2 fully saturated rings. The molecule has 3 aliphatic rings. The molecular weight excluding hydrogens is 345 g/mol. The van der Waals surface area contributed by atoms with E-state index in [4.69, 9.17) is 14.0 Å². The minimum Gasteiger partial charge on any atom is -0.444 e. The smallest absolute Gasteiger partial charge is 0.444 e. The maximum atomic E-state index is 12.2. The molecule has 0 aromatic rings. The molecule has 8 heteroatoms. The molecule has 3 heterocycles. The van der Waals surface area contributed by atoms with E-state index in [-0.39, 0.29) is 30.2 Å². The Labute approximate surface area is 163 Å². The zero-order valence-corrected chi connectivity index (χ0v) is 17.8. The average molecular weight is 379 g/mol. The first kappa shape index (κ1) is 20.5. The van der Waals surface area contributed by atoms with Gasteiger partial charge in [-0.2, -0.15) is 5.10 Å². The van der Waals surface area contributed by atoms with E-state index in [0.717, 1.165) is 19.4 Å². The topological polar surface area (TPSA) is 63.6 Å². The van der Waals surface area contributed by atoms with Crippen LogP contribution in [-0.2, 0) is 14.0 Å². The Morgan fingerprint density at radius 2 is 1.70 bits per heavy atom. The molecule has 152 valence electrons. The number of piperidine rings is 1. The van der Waals surface area contributed by atoms with Gasteiger partial charge in [0.2, 0.25) is 0 Å². The summed E-state index contributed by atoms with van der Waals surface area (Å²) in [5.41, 5.74) is -1.10. The molecule has 27 heavy (non-hydrogen) atoms. The Hall–Kier alpha value is -1.28. The number of nitrogens with zero attached hydrogens (tertiary/aromatic N) is 3. The fourth-order valence-electron chi connectivity index (χ4n) is 3.62. The molecule has 0 saturated carbocycles. The number of hydrogen-bond acceptors (Lipinski definition) is 6. The summed E-state index contributed by atoms with van der Waals surface area (Å²) in [6.45, 7) is 16.2. The SMILES string of the molecule is CC(C)(C)OC(=O)N1CCC(N2CC(B3OC(C)(C)C(C)(C)O3)C=N2)CC1. The third-order valence-electron chi connectivity index (χ3n) is 5.96. The molecule has 1 unspecified atom stereocenters. The van der Waals surface area contributed by atoms with Crippen molar-refractivity contribution in [2.75, 3.05) is 19.6 Å². The number of rotatable bonds is 2. The fraction of sp³-hybridized carbons (Fsp3) is 0.895. The lowest BCUT2D eigenvalue weighted by Gasteiger charge is -2.36. The first-order chi connectivity index (χ1) is 12.4. The van der Waals surface area contributed by atoms with Gasteiger partial charge in [-0.1, -0.05) is 0 Å². The monoisotopic (exact) mass is 379 g/mol. The summed E-state index contributed by atoms with van der Waals surface area (Å²) >= 11 is 0. The van der Waals surface area contributed by atoms with Gasteiger partial charge in [0.15, 0.2) is 0 Å². The van der Waals surface area contributed by atoms with Gasteiger partial charge in [-0.15, -0.1) is 0 Å².